The first kappa shape index (κ1) is 11.0. The van der Waals surface area contributed by atoms with E-state index in [-0.39, 0.29) is 18.4 Å². The Hall–Kier alpha value is -1.06. The standard InChI is InChI=1S/C10H17NO3/c1-8(5-6-10(13)14)11-7-3-2-4-9(11)12/h8H,2-7H2,1H3,(H,13,14). The Balaban J connectivity index is 2.38. The van der Waals surface area contributed by atoms with Gasteiger partial charge in [-0.15, -0.1) is 0 Å². The van der Waals surface area contributed by atoms with Gasteiger partial charge in [-0.25, -0.2) is 0 Å². The summed E-state index contributed by atoms with van der Waals surface area (Å²) >= 11 is 0. The summed E-state index contributed by atoms with van der Waals surface area (Å²) in [6.45, 7) is 2.71. The molecule has 80 valence electrons. The van der Waals surface area contributed by atoms with E-state index in [9.17, 15) is 9.59 Å². The van der Waals surface area contributed by atoms with Crippen LogP contribution in [0.25, 0.3) is 0 Å². The van der Waals surface area contributed by atoms with Gasteiger partial charge in [-0.1, -0.05) is 0 Å². The molecule has 0 aromatic rings. The Morgan fingerprint density at radius 3 is 2.86 bits per heavy atom. The van der Waals surface area contributed by atoms with Crippen LogP contribution in [0.5, 0.6) is 0 Å². The van der Waals surface area contributed by atoms with Crippen molar-refractivity contribution in [2.24, 2.45) is 0 Å². The molecule has 14 heavy (non-hydrogen) atoms. The Morgan fingerprint density at radius 2 is 2.29 bits per heavy atom. The minimum absolute atomic E-state index is 0.0684. The zero-order valence-electron chi connectivity index (χ0n) is 8.53. The molecule has 0 aromatic heterocycles. The Bertz CT molecular complexity index is 227. The minimum Gasteiger partial charge on any atom is -0.481 e. The van der Waals surface area contributed by atoms with Crippen LogP contribution in [0, 0.1) is 0 Å². The molecule has 1 saturated heterocycles. The number of carbonyl (C=O) groups excluding carboxylic acids is 1. The van der Waals surface area contributed by atoms with E-state index in [0.29, 0.717) is 12.8 Å². The third-order valence-electron chi connectivity index (χ3n) is 2.67. The normalized spacial score (nSPS) is 19.5. The maximum atomic E-state index is 11.5. The second-order valence-corrected chi connectivity index (χ2v) is 3.83. The molecule has 4 heteroatoms. The lowest BCUT2D eigenvalue weighted by Crippen LogP contribution is -2.41. The Morgan fingerprint density at radius 1 is 1.57 bits per heavy atom. The predicted octanol–water partition coefficient (Wildman–Crippen LogP) is 1.25. The van der Waals surface area contributed by atoms with E-state index in [4.69, 9.17) is 5.11 Å². The first-order valence-corrected chi connectivity index (χ1v) is 5.12. The largest absolute Gasteiger partial charge is 0.481 e. The van der Waals surface area contributed by atoms with Crippen LogP contribution in [0.1, 0.15) is 39.0 Å². The number of amides is 1. The number of nitrogens with zero attached hydrogens (tertiary/aromatic N) is 1. The van der Waals surface area contributed by atoms with E-state index in [1.165, 1.54) is 0 Å². The summed E-state index contributed by atoms with van der Waals surface area (Å²) in [7, 11) is 0. The second-order valence-electron chi connectivity index (χ2n) is 3.83. The fourth-order valence-electron chi connectivity index (χ4n) is 1.78. The van der Waals surface area contributed by atoms with E-state index >= 15 is 0 Å². The highest BCUT2D eigenvalue weighted by Crippen LogP contribution is 2.16. The van der Waals surface area contributed by atoms with Crippen LogP contribution >= 0.6 is 0 Å². The van der Waals surface area contributed by atoms with Gasteiger partial charge in [-0.2, -0.15) is 0 Å². The van der Waals surface area contributed by atoms with Gasteiger partial charge in [0.2, 0.25) is 5.91 Å². The van der Waals surface area contributed by atoms with Gasteiger partial charge in [0.1, 0.15) is 0 Å². The maximum absolute atomic E-state index is 11.5. The van der Waals surface area contributed by atoms with Gasteiger partial charge in [0.05, 0.1) is 0 Å². The lowest BCUT2D eigenvalue weighted by molar-refractivity contribution is -0.140. The number of piperidine rings is 1. The summed E-state index contributed by atoms with van der Waals surface area (Å²) in [5, 5.41) is 8.52. The van der Waals surface area contributed by atoms with Crippen LogP contribution in [0.15, 0.2) is 0 Å². The van der Waals surface area contributed by atoms with Crippen LogP contribution in [0.2, 0.25) is 0 Å². The van der Waals surface area contributed by atoms with E-state index < -0.39 is 5.97 Å². The van der Waals surface area contributed by atoms with E-state index in [0.717, 1.165) is 19.4 Å². The molecule has 1 N–H and O–H groups in total. The summed E-state index contributed by atoms with van der Waals surface area (Å²) in [5.74, 6) is -0.615. The first-order chi connectivity index (χ1) is 6.61. The Labute approximate surface area is 83.9 Å². The number of hydrogen-bond donors (Lipinski definition) is 1. The molecule has 0 aliphatic carbocycles. The van der Waals surface area contributed by atoms with Crippen molar-refractivity contribution in [2.75, 3.05) is 6.54 Å². The van der Waals surface area contributed by atoms with Crippen molar-refractivity contribution >= 4 is 11.9 Å². The second kappa shape index (κ2) is 4.98. The molecule has 0 saturated carbocycles. The zero-order chi connectivity index (χ0) is 10.6. The molecule has 0 radical (unpaired) electrons. The summed E-state index contributed by atoms with van der Waals surface area (Å²) in [5.41, 5.74) is 0. The number of carboxylic acid groups (broad SMARTS) is 1. The quantitative estimate of drug-likeness (QED) is 0.741. The van der Waals surface area contributed by atoms with Crippen molar-refractivity contribution in [3.8, 4) is 0 Å². The third kappa shape index (κ3) is 3.01. The number of likely N-dealkylation sites (tertiary alicyclic amines) is 1. The van der Waals surface area contributed by atoms with Gasteiger partial charge in [0, 0.05) is 25.4 Å². The van der Waals surface area contributed by atoms with Crippen LogP contribution < -0.4 is 0 Å². The Kier molecular flexibility index (Phi) is 3.92. The molecular weight excluding hydrogens is 182 g/mol. The van der Waals surface area contributed by atoms with Gasteiger partial charge in [-0.3, -0.25) is 9.59 Å². The minimum atomic E-state index is -0.790. The summed E-state index contributed by atoms with van der Waals surface area (Å²) in [6, 6.07) is 0.0684. The van der Waals surface area contributed by atoms with Crippen LogP contribution in [-0.4, -0.2) is 34.5 Å². The fraction of sp³-hybridized carbons (Fsp3) is 0.800. The van der Waals surface area contributed by atoms with Gasteiger partial charge >= 0.3 is 5.97 Å². The molecule has 0 bridgehead atoms. The van der Waals surface area contributed by atoms with Crippen molar-refractivity contribution in [2.45, 2.75) is 45.1 Å². The van der Waals surface area contributed by atoms with Gasteiger partial charge in [0.15, 0.2) is 0 Å². The first-order valence-electron chi connectivity index (χ1n) is 5.12. The van der Waals surface area contributed by atoms with Crippen LogP contribution in [0.4, 0.5) is 0 Å². The number of carboxylic acids is 1. The molecule has 1 atom stereocenters. The van der Waals surface area contributed by atoms with Gasteiger partial charge in [0.25, 0.3) is 0 Å². The van der Waals surface area contributed by atoms with Crippen LogP contribution in [-0.2, 0) is 9.59 Å². The molecule has 1 rings (SSSR count). The molecular formula is C10H17NO3. The predicted molar refractivity (Wildman–Crippen MR) is 51.9 cm³/mol. The number of hydrogen-bond acceptors (Lipinski definition) is 2. The topological polar surface area (TPSA) is 57.6 Å². The van der Waals surface area contributed by atoms with Crippen molar-refractivity contribution in [3.05, 3.63) is 0 Å². The highest BCUT2D eigenvalue weighted by atomic mass is 16.4. The smallest absolute Gasteiger partial charge is 0.303 e. The molecule has 1 aliphatic rings. The lowest BCUT2D eigenvalue weighted by atomic mass is 10.1. The van der Waals surface area contributed by atoms with Gasteiger partial charge < -0.3 is 10.0 Å². The maximum Gasteiger partial charge on any atom is 0.303 e. The number of aliphatic carboxylic acids is 1. The molecule has 1 heterocycles. The van der Waals surface area contributed by atoms with Crippen LogP contribution in [0.3, 0.4) is 0 Å². The highest BCUT2D eigenvalue weighted by molar-refractivity contribution is 5.77. The van der Waals surface area contributed by atoms with Crippen molar-refractivity contribution in [3.63, 3.8) is 0 Å². The average molecular weight is 199 g/mol. The number of rotatable bonds is 4. The monoisotopic (exact) mass is 199 g/mol. The molecule has 1 unspecified atom stereocenters. The van der Waals surface area contributed by atoms with Crippen molar-refractivity contribution in [1.29, 1.82) is 0 Å². The summed E-state index contributed by atoms with van der Waals surface area (Å²) in [4.78, 5) is 23.6. The third-order valence-corrected chi connectivity index (χ3v) is 2.67. The molecule has 0 aromatic carbocycles. The summed E-state index contributed by atoms with van der Waals surface area (Å²) in [6.07, 6.45) is 3.34. The SMILES string of the molecule is CC(CCC(=O)O)N1CCCCC1=O. The van der Waals surface area contributed by atoms with E-state index in [2.05, 4.69) is 0 Å². The number of carbonyl (C=O) groups is 2. The molecule has 0 spiro atoms. The fourth-order valence-corrected chi connectivity index (χ4v) is 1.78. The van der Waals surface area contributed by atoms with Crippen molar-refractivity contribution in [1.82, 2.24) is 4.90 Å². The highest BCUT2D eigenvalue weighted by Gasteiger charge is 2.22. The molecule has 4 nitrogen and oxygen atoms in total. The average Bonchev–Trinajstić information content (AvgIpc) is 2.15. The van der Waals surface area contributed by atoms with Crippen molar-refractivity contribution < 1.29 is 14.7 Å². The molecule has 1 fully saturated rings. The van der Waals surface area contributed by atoms with E-state index in [1.807, 2.05) is 11.8 Å². The van der Waals surface area contributed by atoms with Gasteiger partial charge in [-0.05, 0) is 26.2 Å². The zero-order valence-corrected chi connectivity index (χ0v) is 8.53. The molecule has 1 amide bonds. The summed E-state index contributed by atoms with van der Waals surface area (Å²) < 4.78 is 0. The van der Waals surface area contributed by atoms with E-state index in [1.54, 1.807) is 0 Å². The molecule has 1 aliphatic heterocycles. The lowest BCUT2D eigenvalue weighted by Gasteiger charge is -2.32.